The number of carbonyl (C=O) groups excluding carboxylic acids is 1. The van der Waals surface area contributed by atoms with Gasteiger partial charge in [-0.1, -0.05) is 42.5 Å². The van der Waals surface area contributed by atoms with Crippen molar-refractivity contribution >= 4 is 16.9 Å². The number of hydrogen-bond acceptors (Lipinski definition) is 4. The Morgan fingerprint density at radius 1 is 0.909 bits per heavy atom. The van der Waals surface area contributed by atoms with Crippen molar-refractivity contribution in [3.05, 3.63) is 66.0 Å². The Morgan fingerprint density at radius 2 is 1.58 bits per heavy atom. The normalized spacial score (nSPS) is 18.7. The lowest BCUT2D eigenvalue weighted by atomic mass is 10.0. The maximum absolute atomic E-state index is 12.7. The maximum Gasteiger partial charge on any atom is 0.223 e. The summed E-state index contributed by atoms with van der Waals surface area (Å²) in [6, 6.07) is 18.7. The highest BCUT2D eigenvalue weighted by Gasteiger charge is 2.27. The van der Waals surface area contributed by atoms with Gasteiger partial charge >= 0.3 is 0 Å². The maximum atomic E-state index is 12.7. The Bertz CT molecular complexity index is 1000. The van der Waals surface area contributed by atoms with E-state index in [4.69, 9.17) is 4.74 Å². The molecule has 1 N–H and O–H groups in total. The highest BCUT2D eigenvalue weighted by atomic mass is 16.5. The van der Waals surface area contributed by atoms with Crippen molar-refractivity contribution < 1.29 is 9.53 Å². The molecule has 174 valence electrons. The molecule has 0 saturated carbocycles. The summed E-state index contributed by atoms with van der Waals surface area (Å²) in [7, 11) is 0. The first-order chi connectivity index (χ1) is 16.2. The Labute approximate surface area is 195 Å². The van der Waals surface area contributed by atoms with Crippen molar-refractivity contribution in [2.75, 3.05) is 26.2 Å². The molecule has 6 nitrogen and oxygen atoms in total. The minimum absolute atomic E-state index is 0.225. The molecule has 0 atom stereocenters. The standard InChI is InChI=1S/C27H34N4O2/c32-27(11-10-26-28-24-8-4-5-9-25(24)29-26)31-18-14-23(15-19-31)33-22-12-16-30(17-13-22)20-21-6-2-1-3-7-21/h1-9,22-23H,10-20H2,(H,28,29). The van der Waals surface area contributed by atoms with Crippen molar-refractivity contribution in [3.8, 4) is 0 Å². The molecule has 3 heterocycles. The first-order valence-electron chi connectivity index (χ1n) is 12.4. The van der Waals surface area contributed by atoms with Gasteiger partial charge in [-0.3, -0.25) is 9.69 Å². The zero-order valence-electron chi connectivity index (χ0n) is 19.3. The fourth-order valence-corrected chi connectivity index (χ4v) is 5.07. The molecule has 1 aromatic heterocycles. The quantitative estimate of drug-likeness (QED) is 0.592. The molecular formula is C27H34N4O2. The number of imidazole rings is 1. The summed E-state index contributed by atoms with van der Waals surface area (Å²) in [5.41, 5.74) is 3.38. The summed E-state index contributed by atoms with van der Waals surface area (Å²) in [5.74, 6) is 1.12. The number of para-hydroxylation sites is 2. The van der Waals surface area contributed by atoms with Crippen LogP contribution in [0.2, 0.25) is 0 Å². The number of nitrogens with one attached hydrogen (secondary N) is 1. The second-order valence-corrected chi connectivity index (χ2v) is 9.38. The molecule has 0 bridgehead atoms. The number of piperidine rings is 2. The summed E-state index contributed by atoms with van der Waals surface area (Å²) in [5, 5.41) is 0. The predicted octanol–water partition coefficient (Wildman–Crippen LogP) is 4.17. The summed E-state index contributed by atoms with van der Waals surface area (Å²) in [4.78, 5) is 25.1. The number of nitrogens with zero attached hydrogens (tertiary/aromatic N) is 3. The zero-order valence-corrected chi connectivity index (χ0v) is 19.3. The van der Waals surface area contributed by atoms with Gasteiger partial charge in [0, 0.05) is 45.6 Å². The predicted molar refractivity (Wildman–Crippen MR) is 130 cm³/mol. The van der Waals surface area contributed by atoms with Crippen LogP contribution in [0.25, 0.3) is 11.0 Å². The molecule has 33 heavy (non-hydrogen) atoms. The van der Waals surface area contributed by atoms with Crippen LogP contribution in [0, 0.1) is 0 Å². The molecule has 3 aromatic rings. The minimum atomic E-state index is 0.225. The second-order valence-electron chi connectivity index (χ2n) is 9.38. The van der Waals surface area contributed by atoms with E-state index in [0.717, 1.165) is 75.3 Å². The van der Waals surface area contributed by atoms with E-state index in [-0.39, 0.29) is 12.0 Å². The van der Waals surface area contributed by atoms with Crippen LogP contribution in [0.4, 0.5) is 0 Å². The summed E-state index contributed by atoms with van der Waals surface area (Å²) < 4.78 is 6.44. The third-order valence-corrected chi connectivity index (χ3v) is 6.98. The molecule has 5 rings (SSSR count). The SMILES string of the molecule is O=C(CCc1nc2ccccc2[nH]1)N1CCC(OC2CCN(Cc3ccccc3)CC2)CC1. The molecule has 1 amide bonds. The Hall–Kier alpha value is -2.70. The van der Waals surface area contributed by atoms with Crippen LogP contribution >= 0.6 is 0 Å². The smallest absolute Gasteiger partial charge is 0.223 e. The molecule has 2 saturated heterocycles. The number of hydrogen-bond donors (Lipinski definition) is 1. The van der Waals surface area contributed by atoms with Gasteiger partial charge in [0.1, 0.15) is 5.82 Å². The molecule has 0 radical (unpaired) electrons. The molecule has 2 fully saturated rings. The third kappa shape index (κ3) is 5.81. The van der Waals surface area contributed by atoms with Crippen molar-refractivity contribution in [2.45, 2.75) is 57.3 Å². The van der Waals surface area contributed by atoms with Crippen molar-refractivity contribution in [1.29, 1.82) is 0 Å². The van der Waals surface area contributed by atoms with Gasteiger partial charge in [0.05, 0.1) is 23.2 Å². The molecular weight excluding hydrogens is 412 g/mol. The number of fused-ring (bicyclic) bond motifs is 1. The largest absolute Gasteiger partial charge is 0.375 e. The third-order valence-electron chi connectivity index (χ3n) is 6.98. The molecule has 6 heteroatoms. The summed E-state index contributed by atoms with van der Waals surface area (Å²) in [6.07, 6.45) is 5.90. The highest BCUT2D eigenvalue weighted by molar-refractivity contribution is 5.77. The molecule has 0 unspecified atom stereocenters. The van der Waals surface area contributed by atoms with E-state index in [2.05, 4.69) is 45.2 Å². The fourth-order valence-electron chi connectivity index (χ4n) is 5.07. The van der Waals surface area contributed by atoms with Gasteiger partial charge in [-0.15, -0.1) is 0 Å². The van der Waals surface area contributed by atoms with Gasteiger partial charge < -0.3 is 14.6 Å². The van der Waals surface area contributed by atoms with E-state index in [0.29, 0.717) is 18.9 Å². The van der Waals surface area contributed by atoms with Gasteiger partial charge in [0.2, 0.25) is 5.91 Å². The molecule has 2 aliphatic rings. The van der Waals surface area contributed by atoms with Crippen LogP contribution < -0.4 is 0 Å². The molecule has 0 spiro atoms. The number of likely N-dealkylation sites (tertiary alicyclic amines) is 2. The van der Waals surface area contributed by atoms with Crippen LogP contribution in [0.3, 0.4) is 0 Å². The Kier molecular flexibility index (Phi) is 7.03. The molecule has 2 aromatic carbocycles. The number of aryl methyl sites for hydroxylation is 1. The fraction of sp³-hybridized carbons (Fsp3) is 0.481. The van der Waals surface area contributed by atoms with Crippen LogP contribution in [-0.2, 0) is 22.5 Å². The van der Waals surface area contributed by atoms with E-state index in [1.54, 1.807) is 0 Å². The summed E-state index contributed by atoms with van der Waals surface area (Å²) in [6.45, 7) is 4.83. The van der Waals surface area contributed by atoms with E-state index in [1.165, 1.54) is 5.56 Å². The van der Waals surface area contributed by atoms with E-state index in [9.17, 15) is 4.79 Å². The Morgan fingerprint density at radius 3 is 2.30 bits per heavy atom. The van der Waals surface area contributed by atoms with E-state index >= 15 is 0 Å². The lowest BCUT2D eigenvalue weighted by molar-refractivity contribution is -0.135. The molecule has 2 aliphatic heterocycles. The van der Waals surface area contributed by atoms with Gasteiger partial charge in [0.15, 0.2) is 0 Å². The van der Waals surface area contributed by atoms with E-state index < -0.39 is 0 Å². The van der Waals surface area contributed by atoms with Crippen LogP contribution in [-0.4, -0.2) is 64.1 Å². The monoisotopic (exact) mass is 446 g/mol. The number of rotatable bonds is 7. The van der Waals surface area contributed by atoms with Crippen molar-refractivity contribution in [1.82, 2.24) is 19.8 Å². The van der Waals surface area contributed by atoms with Gasteiger partial charge in [-0.2, -0.15) is 0 Å². The number of ether oxygens (including phenoxy) is 1. The first-order valence-corrected chi connectivity index (χ1v) is 12.4. The zero-order chi connectivity index (χ0) is 22.5. The van der Waals surface area contributed by atoms with Crippen LogP contribution in [0.5, 0.6) is 0 Å². The average Bonchev–Trinajstić information content (AvgIpc) is 3.28. The van der Waals surface area contributed by atoms with Crippen molar-refractivity contribution in [2.24, 2.45) is 0 Å². The van der Waals surface area contributed by atoms with Crippen molar-refractivity contribution in [3.63, 3.8) is 0 Å². The summed E-state index contributed by atoms with van der Waals surface area (Å²) >= 11 is 0. The number of carbonyl (C=O) groups is 1. The topological polar surface area (TPSA) is 61.5 Å². The Balaban J connectivity index is 1.01. The second kappa shape index (κ2) is 10.5. The van der Waals surface area contributed by atoms with E-state index in [1.807, 2.05) is 29.2 Å². The number of H-pyrrole nitrogens is 1. The van der Waals surface area contributed by atoms with Gasteiger partial charge in [0.25, 0.3) is 0 Å². The number of aromatic amines is 1. The number of benzene rings is 2. The average molecular weight is 447 g/mol. The number of amides is 1. The lowest BCUT2D eigenvalue weighted by Gasteiger charge is -2.37. The highest BCUT2D eigenvalue weighted by Crippen LogP contribution is 2.22. The minimum Gasteiger partial charge on any atom is -0.375 e. The lowest BCUT2D eigenvalue weighted by Crippen LogP contribution is -2.43. The number of aromatic nitrogens is 2. The van der Waals surface area contributed by atoms with Gasteiger partial charge in [-0.25, -0.2) is 4.98 Å². The molecule has 0 aliphatic carbocycles. The van der Waals surface area contributed by atoms with Crippen LogP contribution in [0.1, 0.15) is 43.5 Å². The van der Waals surface area contributed by atoms with Gasteiger partial charge in [-0.05, 0) is 43.4 Å². The first kappa shape index (κ1) is 22.1. The van der Waals surface area contributed by atoms with Crippen LogP contribution in [0.15, 0.2) is 54.6 Å².